The number of rotatable bonds is 4. The second-order valence-electron chi connectivity index (χ2n) is 2.62. The molecule has 1 aromatic carbocycles. The van der Waals surface area contributed by atoms with E-state index in [1.54, 1.807) is 6.07 Å². The first kappa shape index (κ1) is 13.5. The number of ether oxygens (including phenoxy) is 1. The van der Waals surface area contributed by atoms with E-state index in [2.05, 4.69) is 0 Å². The van der Waals surface area contributed by atoms with Gasteiger partial charge in [0.15, 0.2) is 0 Å². The Hall–Kier alpha value is -0.510. The summed E-state index contributed by atoms with van der Waals surface area (Å²) in [6.07, 6.45) is 0.823. The van der Waals surface area contributed by atoms with Gasteiger partial charge in [0.25, 0.3) is 0 Å². The van der Waals surface area contributed by atoms with Gasteiger partial charge in [-0.15, -0.1) is 0 Å². The Morgan fingerprint density at radius 3 is 2.64 bits per heavy atom. The van der Waals surface area contributed by atoms with Crippen LogP contribution in [0, 0.1) is 0 Å². The minimum atomic E-state index is -1.20. The minimum Gasteiger partial charge on any atom is -0.546 e. The second kappa shape index (κ2) is 6.87. The quantitative estimate of drug-likeness (QED) is 0.502. The zero-order valence-electron chi connectivity index (χ0n) is 8.45. The topological polar surface area (TPSA) is 49.4 Å². The van der Waals surface area contributed by atoms with Crippen LogP contribution in [0.15, 0.2) is 24.3 Å². The number of benzene rings is 1. The van der Waals surface area contributed by atoms with Crippen LogP contribution in [-0.4, -0.2) is 12.6 Å². The Bertz CT molecular complexity index is 299. The third kappa shape index (κ3) is 4.13. The van der Waals surface area contributed by atoms with Crippen LogP contribution in [0.3, 0.4) is 0 Å². The molecule has 0 saturated carbocycles. The number of hydrogen-bond donors (Lipinski definition) is 0. The average molecular weight is 202 g/mol. The normalized spacial score (nSPS) is 8.93. The van der Waals surface area contributed by atoms with Gasteiger partial charge in [0.1, 0.15) is 12.4 Å². The number of carbonyl (C=O) groups excluding carboxylic acids is 1. The maximum absolute atomic E-state index is 10.1. The first-order valence-corrected chi connectivity index (χ1v) is 4.14. The summed E-state index contributed by atoms with van der Waals surface area (Å²) in [5, 5.41) is 10.1. The summed E-state index contributed by atoms with van der Waals surface area (Å²) in [7, 11) is 0. The monoisotopic (exact) mass is 202 g/mol. The fraction of sp³-hybridized carbons (Fsp3) is 0.300. The molecule has 0 saturated heterocycles. The van der Waals surface area contributed by atoms with Gasteiger partial charge in [-0.25, -0.2) is 0 Å². The molecular weight excluding hydrogens is 191 g/mol. The molecule has 0 unspecified atom stereocenters. The number of carboxylic acid groups (broad SMARTS) is 1. The van der Waals surface area contributed by atoms with Crippen LogP contribution < -0.4 is 39.4 Å². The molecule has 0 radical (unpaired) electrons. The van der Waals surface area contributed by atoms with Gasteiger partial charge in [-0.1, -0.05) is 25.1 Å². The smallest absolute Gasteiger partial charge is 0.546 e. The van der Waals surface area contributed by atoms with Gasteiger partial charge in [0.2, 0.25) is 0 Å². The van der Waals surface area contributed by atoms with Crippen LogP contribution in [0.25, 0.3) is 0 Å². The number of aliphatic carboxylic acids is 1. The van der Waals surface area contributed by atoms with Crippen molar-refractivity contribution in [3.8, 4) is 5.75 Å². The minimum absolute atomic E-state index is 0. The van der Waals surface area contributed by atoms with Gasteiger partial charge in [0, 0.05) is 0 Å². The number of para-hydroxylation sites is 1. The van der Waals surface area contributed by atoms with E-state index < -0.39 is 12.6 Å². The molecular formula is C10H11NaO3. The van der Waals surface area contributed by atoms with Crippen molar-refractivity contribution in [2.75, 3.05) is 6.61 Å². The Morgan fingerprint density at radius 2 is 2.07 bits per heavy atom. The number of aryl methyl sites for hydroxylation is 1. The third-order valence-electron chi connectivity index (χ3n) is 1.70. The first-order chi connectivity index (χ1) is 6.24. The molecule has 0 fully saturated rings. The van der Waals surface area contributed by atoms with E-state index in [9.17, 15) is 9.90 Å². The molecule has 14 heavy (non-hydrogen) atoms. The van der Waals surface area contributed by atoms with Crippen molar-refractivity contribution in [1.82, 2.24) is 0 Å². The van der Waals surface area contributed by atoms with Gasteiger partial charge in [0.05, 0.1) is 5.97 Å². The van der Waals surface area contributed by atoms with Crippen LogP contribution in [-0.2, 0) is 11.2 Å². The standard InChI is InChI=1S/C10H12O3.Na/c1-2-8-5-3-4-6-9(8)13-7-10(11)12;/h3-6H,2,7H2,1H3,(H,11,12);/q;+1/p-1. The maximum Gasteiger partial charge on any atom is 1.00 e. The molecule has 0 bridgehead atoms. The van der Waals surface area contributed by atoms with Crippen LogP contribution >= 0.6 is 0 Å². The Kier molecular flexibility index (Phi) is 6.62. The van der Waals surface area contributed by atoms with Gasteiger partial charge < -0.3 is 14.6 Å². The Labute approximate surface area is 105 Å². The SMILES string of the molecule is CCc1ccccc1OCC(=O)[O-].[Na+]. The first-order valence-electron chi connectivity index (χ1n) is 4.14. The largest absolute Gasteiger partial charge is 1.00 e. The molecule has 0 aliphatic rings. The van der Waals surface area contributed by atoms with Crippen molar-refractivity contribution in [2.45, 2.75) is 13.3 Å². The van der Waals surface area contributed by atoms with Crippen molar-refractivity contribution >= 4 is 5.97 Å². The molecule has 0 heterocycles. The van der Waals surface area contributed by atoms with E-state index in [1.807, 2.05) is 25.1 Å². The summed E-state index contributed by atoms with van der Waals surface area (Å²) in [6, 6.07) is 7.36. The van der Waals surface area contributed by atoms with Crippen molar-refractivity contribution in [3.63, 3.8) is 0 Å². The number of hydrogen-bond acceptors (Lipinski definition) is 3. The molecule has 0 atom stereocenters. The third-order valence-corrected chi connectivity index (χ3v) is 1.70. The molecule has 0 aromatic heterocycles. The molecule has 0 aliphatic carbocycles. The zero-order chi connectivity index (χ0) is 9.68. The van der Waals surface area contributed by atoms with Crippen molar-refractivity contribution in [3.05, 3.63) is 29.8 Å². The molecule has 0 N–H and O–H groups in total. The van der Waals surface area contributed by atoms with E-state index in [0.717, 1.165) is 12.0 Å². The van der Waals surface area contributed by atoms with Gasteiger partial charge in [-0.05, 0) is 18.1 Å². The summed E-state index contributed by atoms with van der Waals surface area (Å²) in [4.78, 5) is 10.1. The van der Waals surface area contributed by atoms with Crippen LogP contribution in [0.2, 0.25) is 0 Å². The molecule has 1 rings (SSSR count). The average Bonchev–Trinajstić information content (AvgIpc) is 2.15. The second-order valence-corrected chi connectivity index (χ2v) is 2.62. The molecule has 0 spiro atoms. The fourth-order valence-electron chi connectivity index (χ4n) is 1.07. The predicted molar refractivity (Wildman–Crippen MR) is 46.3 cm³/mol. The summed E-state index contributed by atoms with van der Waals surface area (Å²) >= 11 is 0. The predicted octanol–water partition coefficient (Wildman–Crippen LogP) is -2.62. The van der Waals surface area contributed by atoms with Crippen molar-refractivity contribution in [2.24, 2.45) is 0 Å². The van der Waals surface area contributed by atoms with Gasteiger partial charge in [-0.3, -0.25) is 0 Å². The molecule has 0 aliphatic heterocycles. The van der Waals surface area contributed by atoms with Gasteiger partial charge in [-0.2, -0.15) is 0 Å². The summed E-state index contributed by atoms with van der Waals surface area (Å²) in [5.41, 5.74) is 1.00. The Morgan fingerprint density at radius 1 is 1.43 bits per heavy atom. The number of carboxylic acids is 1. The van der Waals surface area contributed by atoms with Crippen molar-refractivity contribution in [1.29, 1.82) is 0 Å². The summed E-state index contributed by atoms with van der Waals surface area (Å²) in [6.45, 7) is 1.60. The van der Waals surface area contributed by atoms with Crippen LogP contribution in [0.1, 0.15) is 12.5 Å². The summed E-state index contributed by atoms with van der Waals surface area (Å²) in [5.74, 6) is -0.583. The van der Waals surface area contributed by atoms with Gasteiger partial charge >= 0.3 is 29.6 Å². The summed E-state index contributed by atoms with van der Waals surface area (Å²) < 4.78 is 5.03. The van der Waals surface area contributed by atoms with E-state index in [0.29, 0.717) is 5.75 Å². The van der Waals surface area contributed by atoms with Crippen LogP contribution in [0.5, 0.6) is 5.75 Å². The molecule has 70 valence electrons. The van der Waals surface area contributed by atoms with E-state index in [-0.39, 0.29) is 29.6 Å². The molecule has 3 nitrogen and oxygen atoms in total. The fourth-order valence-corrected chi connectivity index (χ4v) is 1.07. The van der Waals surface area contributed by atoms with Crippen molar-refractivity contribution < 1.29 is 44.2 Å². The van der Waals surface area contributed by atoms with Crippen LogP contribution in [0.4, 0.5) is 0 Å². The van der Waals surface area contributed by atoms with E-state index >= 15 is 0 Å². The number of carbonyl (C=O) groups is 1. The molecule has 0 amide bonds. The molecule has 1 aromatic rings. The molecule has 4 heteroatoms. The zero-order valence-corrected chi connectivity index (χ0v) is 10.4. The van der Waals surface area contributed by atoms with E-state index in [1.165, 1.54) is 0 Å². The maximum atomic E-state index is 10.1. The Balaban J connectivity index is 0.00000169. The van der Waals surface area contributed by atoms with E-state index in [4.69, 9.17) is 4.74 Å².